The zero-order valence-corrected chi connectivity index (χ0v) is 19.0. The molecule has 0 spiro atoms. The molecule has 4 nitrogen and oxygen atoms in total. The lowest BCUT2D eigenvalue weighted by Gasteiger charge is -2.16. The lowest BCUT2D eigenvalue weighted by Crippen LogP contribution is -2.17. The van der Waals surface area contributed by atoms with Crippen molar-refractivity contribution < 1.29 is 14.3 Å². The molecule has 2 rings (SSSR count). The molecule has 160 valence electrons. The van der Waals surface area contributed by atoms with Crippen molar-refractivity contribution in [1.82, 2.24) is 4.98 Å². The minimum Gasteiger partial charge on any atom is -0.437 e. The third-order valence-electron chi connectivity index (χ3n) is 3.90. The Hall–Kier alpha value is -1.36. The first-order chi connectivity index (χ1) is 13.7. The van der Waals surface area contributed by atoms with Gasteiger partial charge in [-0.3, -0.25) is 0 Å². The highest BCUT2D eigenvalue weighted by Gasteiger charge is 2.11. The van der Waals surface area contributed by atoms with Gasteiger partial charge in [0.25, 0.3) is 0 Å². The molecule has 0 amide bonds. The Morgan fingerprint density at radius 1 is 1.21 bits per heavy atom. The van der Waals surface area contributed by atoms with Gasteiger partial charge in [-0.25, -0.2) is 4.98 Å². The summed E-state index contributed by atoms with van der Waals surface area (Å²) in [5.74, 6) is 2.01. The van der Waals surface area contributed by atoms with Crippen molar-refractivity contribution in [3.05, 3.63) is 41.6 Å². The zero-order valence-electron chi connectivity index (χ0n) is 18.2. The van der Waals surface area contributed by atoms with Crippen molar-refractivity contribution >= 4 is 23.3 Å². The number of ether oxygens (including phenoxy) is 1. The van der Waals surface area contributed by atoms with Crippen LogP contribution in [0.1, 0.15) is 84.1 Å². The third kappa shape index (κ3) is 10.8. The van der Waals surface area contributed by atoms with Crippen molar-refractivity contribution in [2.75, 3.05) is 12.5 Å². The minimum absolute atomic E-state index is 0.464. The van der Waals surface area contributed by atoms with Crippen LogP contribution in [0, 0.1) is 0 Å². The van der Waals surface area contributed by atoms with Crippen LogP contribution in [0.25, 0.3) is 11.6 Å². The molecule has 0 radical (unpaired) electrons. The Morgan fingerprint density at radius 3 is 2.43 bits per heavy atom. The summed E-state index contributed by atoms with van der Waals surface area (Å²) in [6.45, 7) is 11.0. The first-order valence-electron chi connectivity index (χ1n) is 10.5. The molecule has 1 aliphatic rings. The van der Waals surface area contributed by atoms with Gasteiger partial charge in [-0.2, -0.15) is 0 Å². The number of halogens is 1. The van der Waals surface area contributed by atoms with Gasteiger partial charge < -0.3 is 14.3 Å². The molecule has 1 N–H and O–H groups in total. The van der Waals surface area contributed by atoms with Crippen LogP contribution in [-0.4, -0.2) is 28.9 Å². The summed E-state index contributed by atoms with van der Waals surface area (Å²) >= 11 is 5.66. The Balaban J connectivity index is 0.000000670. The van der Waals surface area contributed by atoms with Crippen molar-refractivity contribution in [2.24, 2.45) is 0 Å². The smallest absolute Gasteiger partial charge is 0.222 e. The fourth-order valence-corrected chi connectivity index (χ4v) is 2.51. The molecule has 1 unspecified atom stereocenters. The number of nitrogens with zero attached hydrogens (tertiary/aromatic N) is 1. The average molecular weight is 412 g/mol. The Morgan fingerprint density at radius 2 is 1.96 bits per heavy atom. The van der Waals surface area contributed by atoms with E-state index in [2.05, 4.69) is 44.0 Å². The highest BCUT2D eigenvalue weighted by Crippen LogP contribution is 2.22. The summed E-state index contributed by atoms with van der Waals surface area (Å²) in [5.41, 5.74) is 2.10. The molecular formula is C23H38ClNO3. The summed E-state index contributed by atoms with van der Waals surface area (Å²) < 4.78 is 10.7. The number of hydrogen-bond acceptors (Lipinski definition) is 4. The van der Waals surface area contributed by atoms with Crippen LogP contribution in [0.4, 0.5) is 0 Å². The summed E-state index contributed by atoms with van der Waals surface area (Å²) in [6, 6.07) is 0. The van der Waals surface area contributed by atoms with E-state index < -0.39 is 6.29 Å². The van der Waals surface area contributed by atoms with E-state index in [0.717, 1.165) is 62.2 Å². The quantitative estimate of drug-likeness (QED) is 0.396. The number of rotatable bonds is 7. The molecule has 0 aliphatic carbocycles. The number of aromatic nitrogens is 1. The van der Waals surface area contributed by atoms with Gasteiger partial charge in [0.1, 0.15) is 0 Å². The Bertz CT molecular complexity index is 585. The third-order valence-corrected chi connectivity index (χ3v) is 4.08. The van der Waals surface area contributed by atoms with Crippen LogP contribution < -0.4 is 0 Å². The lowest BCUT2D eigenvalue weighted by molar-refractivity contribution is -0.123. The van der Waals surface area contributed by atoms with Gasteiger partial charge in [-0.05, 0) is 44.6 Å². The summed E-state index contributed by atoms with van der Waals surface area (Å²) in [4.78, 5) is 4.57. The highest BCUT2D eigenvalue weighted by molar-refractivity contribution is 6.19. The second kappa shape index (κ2) is 17.7. The number of aliphatic hydroxyl groups excluding tert-OH is 1. The topological polar surface area (TPSA) is 55.5 Å². The summed E-state index contributed by atoms with van der Waals surface area (Å²) in [5, 5.41) is 8.69. The van der Waals surface area contributed by atoms with Crippen LogP contribution in [0.5, 0.6) is 0 Å². The number of alkyl halides is 1. The van der Waals surface area contributed by atoms with Gasteiger partial charge in [0.2, 0.25) is 5.89 Å². The van der Waals surface area contributed by atoms with Crippen LogP contribution >= 0.6 is 11.6 Å². The van der Waals surface area contributed by atoms with Crippen molar-refractivity contribution in [3.63, 3.8) is 0 Å². The van der Waals surface area contributed by atoms with E-state index in [1.807, 2.05) is 26.0 Å². The van der Waals surface area contributed by atoms with Gasteiger partial charge in [0, 0.05) is 18.1 Å². The minimum atomic E-state index is -0.464. The molecular weight excluding hydrogens is 374 g/mol. The maximum absolute atomic E-state index is 8.69. The molecule has 1 saturated heterocycles. The molecule has 5 heteroatoms. The van der Waals surface area contributed by atoms with Gasteiger partial charge in [-0.15, -0.1) is 11.6 Å². The molecule has 0 saturated carbocycles. The molecule has 1 aromatic heterocycles. The molecule has 1 fully saturated rings. The maximum Gasteiger partial charge on any atom is 0.222 e. The standard InChI is InChI=1S/C16H22ClNO.C5H10O2.C2H6/c1-4-7-8-10-13(5-2)16-18-14(6-3)15(19-16)11-9-12-17;6-5-3-1-2-4-7-5;1-2/h7-11H,4-6,12H2,1-3H3;5-6H,1-4H2;1-2H3/b8-7-,11-9-,13-10+;;. The fraction of sp³-hybridized carbons (Fsp3) is 0.609. The van der Waals surface area contributed by atoms with E-state index in [9.17, 15) is 0 Å². The summed E-state index contributed by atoms with van der Waals surface area (Å²) in [6.07, 6.45) is 15.4. The molecule has 0 aromatic carbocycles. The zero-order chi connectivity index (χ0) is 21.2. The van der Waals surface area contributed by atoms with E-state index in [-0.39, 0.29) is 0 Å². The fourth-order valence-electron chi connectivity index (χ4n) is 2.42. The lowest BCUT2D eigenvalue weighted by atomic mass is 10.2. The Labute approximate surface area is 176 Å². The second-order valence-electron chi connectivity index (χ2n) is 5.94. The number of oxazole rings is 1. The van der Waals surface area contributed by atoms with Crippen LogP contribution in [0.3, 0.4) is 0 Å². The van der Waals surface area contributed by atoms with Crippen LogP contribution in [0.2, 0.25) is 0 Å². The number of aliphatic hydroxyl groups is 1. The van der Waals surface area contributed by atoms with E-state index in [1.165, 1.54) is 0 Å². The highest BCUT2D eigenvalue weighted by atomic mass is 35.5. The van der Waals surface area contributed by atoms with Gasteiger partial charge in [-0.1, -0.05) is 58.9 Å². The molecule has 1 aliphatic heterocycles. The molecule has 0 bridgehead atoms. The molecule has 1 aromatic rings. The van der Waals surface area contributed by atoms with Gasteiger partial charge >= 0.3 is 0 Å². The van der Waals surface area contributed by atoms with Gasteiger partial charge in [0.05, 0.1) is 5.69 Å². The number of aryl methyl sites for hydroxylation is 1. The second-order valence-corrected chi connectivity index (χ2v) is 6.25. The summed E-state index contributed by atoms with van der Waals surface area (Å²) in [7, 11) is 0. The number of hydrogen-bond donors (Lipinski definition) is 1. The van der Waals surface area contributed by atoms with Crippen LogP contribution in [-0.2, 0) is 11.2 Å². The normalized spacial score (nSPS) is 17.2. The molecule has 28 heavy (non-hydrogen) atoms. The Kier molecular flexibility index (Phi) is 16.9. The van der Waals surface area contributed by atoms with E-state index in [0.29, 0.717) is 11.8 Å². The van der Waals surface area contributed by atoms with E-state index in [1.54, 1.807) is 0 Å². The predicted molar refractivity (Wildman–Crippen MR) is 120 cm³/mol. The average Bonchev–Trinajstić information content (AvgIpc) is 3.15. The van der Waals surface area contributed by atoms with E-state index in [4.69, 9.17) is 25.9 Å². The molecule has 2 heterocycles. The first kappa shape index (κ1) is 26.6. The van der Waals surface area contributed by atoms with Crippen LogP contribution in [0.15, 0.2) is 28.7 Å². The van der Waals surface area contributed by atoms with Crippen molar-refractivity contribution in [2.45, 2.75) is 79.4 Å². The SMILES string of the molecule is CC.CC/C=C\C=C(/CC)c1nc(CC)c(/C=C\CCl)o1.OC1CCCCO1. The monoisotopic (exact) mass is 411 g/mol. The first-order valence-corrected chi connectivity index (χ1v) is 11.1. The molecule has 1 atom stereocenters. The predicted octanol–water partition coefficient (Wildman–Crippen LogP) is 6.78. The van der Waals surface area contributed by atoms with E-state index >= 15 is 0 Å². The van der Waals surface area contributed by atoms with Crippen molar-refractivity contribution in [1.29, 1.82) is 0 Å². The van der Waals surface area contributed by atoms with Crippen molar-refractivity contribution in [3.8, 4) is 0 Å². The van der Waals surface area contributed by atoms with Gasteiger partial charge in [0.15, 0.2) is 12.1 Å². The maximum atomic E-state index is 8.69. The largest absolute Gasteiger partial charge is 0.437 e. The number of allylic oxidation sites excluding steroid dienone is 5.